The van der Waals surface area contributed by atoms with Crippen LogP contribution in [0.15, 0.2) is 48.5 Å². The first-order valence-electron chi connectivity index (χ1n) is 9.26. The predicted octanol–water partition coefficient (Wildman–Crippen LogP) is 5.31. The van der Waals surface area contributed by atoms with E-state index >= 15 is 0 Å². The molecule has 0 spiro atoms. The summed E-state index contributed by atoms with van der Waals surface area (Å²) in [6, 6.07) is 13.5. The Balaban J connectivity index is 0.000000345. The summed E-state index contributed by atoms with van der Waals surface area (Å²) in [7, 11) is 0. The molecule has 0 saturated heterocycles. The van der Waals surface area contributed by atoms with Gasteiger partial charge in [-0.3, -0.25) is 0 Å². The second-order valence-corrected chi connectivity index (χ2v) is 6.57. The van der Waals surface area contributed by atoms with Crippen molar-refractivity contribution in [3.63, 3.8) is 0 Å². The third-order valence-electron chi connectivity index (χ3n) is 4.54. The van der Waals surface area contributed by atoms with Crippen LogP contribution in [0.1, 0.15) is 31.1 Å². The smallest absolute Gasteiger partial charge is 0.340 e. The van der Waals surface area contributed by atoms with E-state index in [9.17, 15) is 15.0 Å². The monoisotopic (exact) mass is 400 g/mol. The third kappa shape index (κ3) is 5.00. The Morgan fingerprint density at radius 1 is 1.00 bits per heavy atom. The number of benzene rings is 2. The van der Waals surface area contributed by atoms with Gasteiger partial charge in [0, 0.05) is 16.0 Å². The molecule has 0 atom stereocenters. The summed E-state index contributed by atoms with van der Waals surface area (Å²) >= 11 is 5.84. The lowest BCUT2D eigenvalue weighted by atomic mass is 10.0. The summed E-state index contributed by atoms with van der Waals surface area (Å²) in [5, 5.41) is 20.6. The largest absolute Gasteiger partial charge is 0.505 e. The van der Waals surface area contributed by atoms with Crippen molar-refractivity contribution in [3.05, 3.63) is 59.1 Å². The number of halogens is 1. The molecule has 0 saturated carbocycles. The Morgan fingerprint density at radius 3 is 2.07 bits per heavy atom. The predicted molar refractivity (Wildman–Crippen MR) is 114 cm³/mol. The van der Waals surface area contributed by atoms with Crippen LogP contribution in [0.3, 0.4) is 0 Å². The lowest BCUT2D eigenvalue weighted by molar-refractivity contribution is 0.0696. The van der Waals surface area contributed by atoms with Gasteiger partial charge in [-0.25, -0.2) is 9.78 Å². The molecule has 2 aromatic carbocycles. The first-order valence-corrected chi connectivity index (χ1v) is 9.63. The van der Waals surface area contributed by atoms with Crippen LogP contribution in [0, 0.1) is 0 Å². The van der Waals surface area contributed by atoms with Gasteiger partial charge in [-0.15, -0.1) is 0 Å². The maximum Gasteiger partial charge on any atom is 0.340 e. The maximum atomic E-state index is 11.5. The van der Waals surface area contributed by atoms with Gasteiger partial charge in [-0.2, -0.15) is 0 Å². The number of rotatable bonds is 5. The number of nitrogens with zero attached hydrogens (tertiary/aromatic N) is 2. The first kappa shape index (κ1) is 21.7. The topological polar surface area (TPSA) is 73.7 Å². The van der Waals surface area contributed by atoms with E-state index in [0.29, 0.717) is 21.5 Å². The molecule has 0 aliphatic heterocycles. The number of carbonyl (C=O) groups is 1. The summed E-state index contributed by atoms with van der Waals surface area (Å²) in [4.78, 5) is 18.2. The van der Waals surface area contributed by atoms with Crippen LogP contribution in [0.25, 0.3) is 22.2 Å². The molecule has 1 heterocycles. The summed E-state index contributed by atoms with van der Waals surface area (Å²) in [6.45, 7) is 10.1. The normalized spacial score (nSPS) is 10.6. The first-order chi connectivity index (χ1) is 13.4. The van der Waals surface area contributed by atoms with Crippen LogP contribution < -0.4 is 0 Å². The molecular formula is C22H25ClN2O3. The quantitative estimate of drug-likeness (QED) is 0.607. The molecule has 148 valence electrons. The minimum absolute atomic E-state index is 0.148. The van der Waals surface area contributed by atoms with Crippen molar-refractivity contribution >= 4 is 28.5 Å². The zero-order valence-electron chi connectivity index (χ0n) is 16.3. The SMILES string of the molecule is CCN(CC)CC.O=C(O)c1c(O)c(-c2ccc(Cl)cc2)nc2ccccc12. The van der Waals surface area contributed by atoms with Crippen LogP contribution in [0.5, 0.6) is 5.75 Å². The molecule has 0 bridgehead atoms. The molecule has 0 fully saturated rings. The summed E-state index contributed by atoms with van der Waals surface area (Å²) in [5.41, 5.74) is 1.19. The third-order valence-corrected chi connectivity index (χ3v) is 4.79. The van der Waals surface area contributed by atoms with E-state index in [1.165, 1.54) is 19.6 Å². The van der Waals surface area contributed by atoms with Gasteiger partial charge in [0.15, 0.2) is 5.75 Å². The second-order valence-electron chi connectivity index (χ2n) is 6.13. The average molecular weight is 401 g/mol. The van der Waals surface area contributed by atoms with Crippen LogP contribution in [-0.2, 0) is 0 Å². The summed E-state index contributed by atoms with van der Waals surface area (Å²) < 4.78 is 0. The van der Waals surface area contributed by atoms with Crippen LogP contribution >= 0.6 is 11.6 Å². The Labute approximate surface area is 170 Å². The van der Waals surface area contributed by atoms with Gasteiger partial charge in [-0.05, 0) is 37.8 Å². The Bertz CT molecular complexity index is 933. The molecule has 5 nitrogen and oxygen atoms in total. The number of aromatic carboxylic acids is 1. The standard InChI is InChI=1S/C16H10ClNO3.C6H15N/c17-10-7-5-9(6-8-10)14-15(19)13(16(20)21)11-3-1-2-4-12(11)18-14;1-4-7(5-2)6-3/h1-8,19H,(H,20,21);4-6H2,1-3H3. The lowest BCUT2D eigenvalue weighted by Crippen LogP contribution is -2.21. The minimum Gasteiger partial charge on any atom is -0.505 e. The molecule has 0 radical (unpaired) electrons. The summed E-state index contributed by atoms with van der Waals surface area (Å²) in [6.07, 6.45) is 0. The highest BCUT2D eigenvalue weighted by molar-refractivity contribution is 6.30. The number of fused-ring (bicyclic) bond motifs is 1. The zero-order valence-corrected chi connectivity index (χ0v) is 17.1. The molecule has 1 aromatic heterocycles. The van der Waals surface area contributed by atoms with E-state index in [1.54, 1.807) is 48.5 Å². The molecule has 3 rings (SSSR count). The van der Waals surface area contributed by atoms with E-state index in [2.05, 4.69) is 30.7 Å². The van der Waals surface area contributed by atoms with Crippen molar-refractivity contribution in [2.24, 2.45) is 0 Å². The van der Waals surface area contributed by atoms with E-state index < -0.39 is 5.97 Å². The Hall–Kier alpha value is -2.63. The molecule has 3 aromatic rings. The van der Waals surface area contributed by atoms with E-state index in [-0.39, 0.29) is 17.0 Å². The van der Waals surface area contributed by atoms with E-state index in [4.69, 9.17) is 11.6 Å². The van der Waals surface area contributed by atoms with Gasteiger partial charge >= 0.3 is 5.97 Å². The highest BCUT2D eigenvalue weighted by Gasteiger charge is 2.20. The number of pyridine rings is 1. The summed E-state index contributed by atoms with van der Waals surface area (Å²) in [5.74, 6) is -1.54. The number of para-hydroxylation sites is 1. The van der Waals surface area contributed by atoms with Crippen LogP contribution in [0.2, 0.25) is 5.02 Å². The number of hydrogen-bond donors (Lipinski definition) is 2. The minimum atomic E-state index is -1.19. The average Bonchev–Trinajstić information content (AvgIpc) is 2.70. The van der Waals surface area contributed by atoms with Gasteiger partial charge in [-0.1, -0.05) is 62.7 Å². The zero-order chi connectivity index (χ0) is 20.7. The van der Waals surface area contributed by atoms with Gasteiger partial charge < -0.3 is 15.1 Å². The van der Waals surface area contributed by atoms with Crippen molar-refractivity contribution in [1.82, 2.24) is 9.88 Å². The molecule has 0 aliphatic rings. The van der Waals surface area contributed by atoms with Gasteiger partial charge in [0.05, 0.1) is 5.52 Å². The molecule has 6 heteroatoms. The highest BCUT2D eigenvalue weighted by Crippen LogP contribution is 2.35. The highest BCUT2D eigenvalue weighted by atomic mass is 35.5. The van der Waals surface area contributed by atoms with Gasteiger partial charge in [0.1, 0.15) is 11.3 Å². The molecule has 0 aliphatic carbocycles. The molecule has 0 amide bonds. The van der Waals surface area contributed by atoms with E-state index in [0.717, 1.165) is 0 Å². The van der Waals surface area contributed by atoms with Gasteiger partial charge in [0.2, 0.25) is 0 Å². The molecule has 28 heavy (non-hydrogen) atoms. The van der Waals surface area contributed by atoms with Crippen molar-refractivity contribution in [3.8, 4) is 17.0 Å². The van der Waals surface area contributed by atoms with Crippen molar-refractivity contribution in [1.29, 1.82) is 0 Å². The number of hydrogen-bond acceptors (Lipinski definition) is 4. The van der Waals surface area contributed by atoms with E-state index in [1.807, 2.05) is 0 Å². The Morgan fingerprint density at radius 2 is 1.57 bits per heavy atom. The van der Waals surface area contributed by atoms with Crippen molar-refractivity contribution in [2.45, 2.75) is 20.8 Å². The fraction of sp³-hybridized carbons (Fsp3) is 0.273. The lowest BCUT2D eigenvalue weighted by Gasteiger charge is -2.13. The second kappa shape index (κ2) is 10.1. The number of aromatic nitrogens is 1. The fourth-order valence-corrected chi connectivity index (χ4v) is 3.02. The molecule has 0 unspecified atom stereocenters. The van der Waals surface area contributed by atoms with Crippen molar-refractivity contribution < 1.29 is 15.0 Å². The fourth-order valence-electron chi connectivity index (χ4n) is 2.90. The van der Waals surface area contributed by atoms with Crippen LogP contribution in [0.4, 0.5) is 0 Å². The number of carboxylic acids is 1. The molecule has 2 N–H and O–H groups in total. The van der Waals surface area contributed by atoms with Gasteiger partial charge in [0.25, 0.3) is 0 Å². The number of aromatic hydroxyl groups is 1. The molecular weight excluding hydrogens is 376 g/mol. The Kier molecular flexibility index (Phi) is 7.79. The maximum absolute atomic E-state index is 11.5. The number of carboxylic acid groups (broad SMARTS) is 1. The van der Waals surface area contributed by atoms with Crippen molar-refractivity contribution in [2.75, 3.05) is 19.6 Å². The van der Waals surface area contributed by atoms with Crippen LogP contribution in [-0.4, -0.2) is 45.7 Å².